The highest BCUT2D eigenvalue weighted by Gasteiger charge is 2.13. The van der Waals surface area contributed by atoms with Crippen LogP contribution in [0.2, 0.25) is 0 Å². The number of allylic oxidation sites excluding steroid dienone is 4. The van der Waals surface area contributed by atoms with Gasteiger partial charge in [0.25, 0.3) is 0 Å². The van der Waals surface area contributed by atoms with Crippen molar-refractivity contribution in [1.82, 2.24) is 0 Å². The monoisotopic (exact) mass is 123 g/mol. The van der Waals surface area contributed by atoms with E-state index in [4.69, 9.17) is 5.73 Å². The molecular weight excluding hydrogens is 110 g/mol. The van der Waals surface area contributed by atoms with Crippen molar-refractivity contribution < 1.29 is 0 Å². The molecule has 1 heteroatoms. The van der Waals surface area contributed by atoms with Gasteiger partial charge < -0.3 is 5.73 Å². The Labute approximate surface area is 56.2 Å². The molecular formula is C8H13N. The van der Waals surface area contributed by atoms with Crippen LogP contribution in [0.15, 0.2) is 23.9 Å². The fourth-order valence-corrected chi connectivity index (χ4v) is 0.964. The minimum Gasteiger partial charge on any atom is -0.402 e. The molecule has 0 amide bonds. The summed E-state index contributed by atoms with van der Waals surface area (Å²) in [5.41, 5.74) is 6.68. The summed E-state index contributed by atoms with van der Waals surface area (Å²) in [4.78, 5) is 0. The average Bonchev–Trinajstić information content (AvgIpc) is 1.83. The molecule has 0 aliphatic heterocycles. The van der Waals surface area contributed by atoms with Crippen molar-refractivity contribution in [2.24, 2.45) is 17.6 Å². The Hall–Kier alpha value is -0.720. The standard InChI is InChI=1S/C8H13N/c1-6-4-3-5-8(9)7(6)2/h3-7H,9H2,1-2H3/t6?,7-/m0/s1. The molecule has 0 spiro atoms. The van der Waals surface area contributed by atoms with Crippen molar-refractivity contribution in [3.63, 3.8) is 0 Å². The Bertz CT molecular complexity index is 156. The van der Waals surface area contributed by atoms with Crippen molar-refractivity contribution in [1.29, 1.82) is 0 Å². The van der Waals surface area contributed by atoms with Gasteiger partial charge in [0.05, 0.1) is 0 Å². The molecule has 0 heterocycles. The van der Waals surface area contributed by atoms with E-state index >= 15 is 0 Å². The van der Waals surface area contributed by atoms with Crippen LogP contribution in [0.3, 0.4) is 0 Å². The quantitative estimate of drug-likeness (QED) is 0.521. The second-order valence-electron chi connectivity index (χ2n) is 2.70. The lowest BCUT2D eigenvalue weighted by molar-refractivity contribution is 0.518. The Balaban J connectivity index is 2.73. The van der Waals surface area contributed by atoms with Gasteiger partial charge in [-0.05, 0) is 12.0 Å². The van der Waals surface area contributed by atoms with Crippen LogP contribution in [0.1, 0.15) is 13.8 Å². The second kappa shape index (κ2) is 2.26. The lowest BCUT2D eigenvalue weighted by Gasteiger charge is -2.19. The lowest BCUT2D eigenvalue weighted by atomic mass is 9.89. The van der Waals surface area contributed by atoms with Gasteiger partial charge >= 0.3 is 0 Å². The predicted molar refractivity (Wildman–Crippen MR) is 39.7 cm³/mol. The first-order valence-corrected chi connectivity index (χ1v) is 3.35. The van der Waals surface area contributed by atoms with E-state index in [9.17, 15) is 0 Å². The molecule has 1 nitrogen and oxygen atoms in total. The summed E-state index contributed by atoms with van der Waals surface area (Å²) in [6.07, 6.45) is 6.19. The Morgan fingerprint density at radius 2 is 2.11 bits per heavy atom. The maximum atomic E-state index is 5.68. The first-order valence-electron chi connectivity index (χ1n) is 3.35. The van der Waals surface area contributed by atoms with Crippen molar-refractivity contribution in [3.8, 4) is 0 Å². The number of rotatable bonds is 0. The second-order valence-corrected chi connectivity index (χ2v) is 2.70. The molecule has 1 aliphatic rings. The molecule has 1 rings (SSSR count). The van der Waals surface area contributed by atoms with Crippen LogP contribution < -0.4 is 5.73 Å². The highest BCUT2D eigenvalue weighted by Crippen LogP contribution is 2.21. The van der Waals surface area contributed by atoms with E-state index in [1.807, 2.05) is 12.2 Å². The van der Waals surface area contributed by atoms with Gasteiger partial charge in [0.2, 0.25) is 0 Å². The summed E-state index contributed by atoms with van der Waals surface area (Å²) in [5, 5.41) is 0. The van der Waals surface area contributed by atoms with Crippen LogP contribution in [-0.2, 0) is 0 Å². The molecule has 0 saturated heterocycles. The van der Waals surface area contributed by atoms with Gasteiger partial charge in [0.1, 0.15) is 0 Å². The summed E-state index contributed by atoms with van der Waals surface area (Å²) in [5.74, 6) is 1.13. The third-order valence-electron chi connectivity index (χ3n) is 2.02. The van der Waals surface area contributed by atoms with Crippen molar-refractivity contribution in [3.05, 3.63) is 23.9 Å². The van der Waals surface area contributed by atoms with Gasteiger partial charge in [-0.3, -0.25) is 0 Å². The SMILES string of the molecule is CC1C=CC=C(N)[C@H]1C. The highest BCUT2D eigenvalue weighted by atomic mass is 14.6. The van der Waals surface area contributed by atoms with Crippen LogP contribution in [0, 0.1) is 11.8 Å². The Morgan fingerprint density at radius 3 is 2.56 bits per heavy atom. The zero-order valence-electron chi connectivity index (χ0n) is 5.96. The number of nitrogens with two attached hydrogens (primary N) is 1. The van der Waals surface area contributed by atoms with Crippen LogP contribution in [-0.4, -0.2) is 0 Å². The molecule has 0 saturated carbocycles. The topological polar surface area (TPSA) is 26.0 Å². The summed E-state index contributed by atoms with van der Waals surface area (Å²) in [6.45, 7) is 4.33. The van der Waals surface area contributed by atoms with E-state index < -0.39 is 0 Å². The fraction of sp³-hybridized carbons (Fsp3) is 0.500. The highest BCUT2D eigenvalue weighted by molar-refractivity contribution is 5.19. The van der Waals surface area contributed by atoms with E-state index in [1.54, 1.807) is 0 Å². The third-order valence-corrected chi connectivity index (χ3v) is 2.02. The van der Waals surface area contributed by atoms with Gasteiger partial charge in [0.15, 0.2) is 0 Å². The van der Waals surface area contributed by atoms with Crippen LogP contribution >= 0.6 is 0 Å². The fourth-order valence-electron chi connectivity index (χ4n) is 0.964. The molecule has 50 valence electrons. The van der Waals surface area contributed by atoms with Crippen LogP contribution in [0.4, 0.5) is 0 Å². The zero-order valence-corrected chi connectivity index (χ0v) is 5.96. The summed E-state index contributed by atoms with van der Waals surface area (Å²) in [7, 11) is 0. The zero-order chi connectivity index (χ0) is 6.85. The van der Waals surface area contributed by atoms with E-state index in [2.05, 4.69) is 19.9 Å². The average molecular weight is 123 g/mol. The van der Waals surface area contributed by atoms with E-state index in [1.165, 1.54) is 0 Å². The Morgan fingerprint density at radius 1 is 1.44 bits per heavy atom. The molecule has 0 fully saturated rings. The first-order chi connectivity index (χ1) is 4.22. The van der Waals surface area contributed by atoms with Crippen molar-refractivity contribution in [2.45, 2.75) is 13.8 Å². The minimum absolute atomic E-state index is 0.523. The first kappa shape index (κ1) is 6.40. The number of hydrogen-bond acceptors (Lipinski definition) is 1. The van der Waals surface area contributed by atoms with Gasteiger partial charge in [0, 0.05) is 11.6 Å². The van der Waals surface area contributed by atoms with E-state index in [0.29, 0.717) is 11.8 Å². The van der Waals surface area contributed by atoms with Crippen molar-refractivity contribution in [2.75, 3.05) is 0 Å². The van der Waals surface area contributed by atoms with Crippen LogP contribution in [0.5, 0.6) is 0 Å². The molecule has 0 bridgehead atoms. The molecule has 1 unspecified atom stereocenters. The van der Waals surface area contributed by atoms with Crippen molar-refractivity contribution >= 4 is 0 Å². The lowest BCUT2D eigenvalue weighted by Crippen LogP contribution is -2.16. The van der Waals surface area contributed by atoms with Gasteiger partial charge in [-0.15, -0.1) is 0 Å². The van der Waals surface area contributed by atoms with Gasteiger partial charge in [-0.2, -0.15) is 0 Å². The summed E-state index contributed by atoms with van der Waals surface area (Å²) >= 11 is 0. The third kappa shape index (κ3) is 1.15. The van der Waals surface area contributed by atoms with Crippen LogP contribution in [0.25, 0.3) is 0 Å². The van der Waals surface area contributed by atoms with Gasteiger partial charge in [-0.25, -0.2) is 0 Å². The minimum atomic E-state index is 0.523. The van der Waals surface area contributed by atoms with E-state index in [-0.39, 0.29) is 0 Å². The normalized spacial score (nSPS) is 34.2. The molecule has 9 heavy (non-hydrogen) atoms. The molecule has 1 aliphatic carbocycles. The van der Waals surface area contributed by atoms with Gasteiger partial charge in [-0.1, -0.05) is 26.0 Å². The molecule has 2 atom stereocenters. The summed E-state index contributed by atoms with van der Waals surface area (Å²) < 4.78 is 0. The largest absolute Gasteiger partial charge is 0.402 e. The number of hydrogen-bond donors (Lipinski definition) is 1. The molecule has 0 aromatic rings. The van der Waals surface area contributed by atoms with E-state index in [0.717, 1.165) is 5.70 Å². The maximum absolute atomic E-state index is 5.68. The molecule has 0 aromatic heterocycles. The summed E-state index contributed by atoms with van der Waals surface area (Å²) in [6, 6.07) is 0. The smallest absolute Gasteiger partial charge is 0.0115 e. The molecule has 0 radical (unpaired) electrons. The predicted octanol–water partition coefficient (Wildman–Crippen LogP) is 1.67. The maximum Gasteiger partial charge on any atom is 0.0115 e. The molecule has 2 N–H and O–H groups in total. The Kier molecular flexibility index (Phi) is 1.60. The molecule has 0 aromatic carbocycles.